The van der Waals surface area contributed by atoms with Crippen molar-refractivity contribution in [3.8, 4) is 119 Å². The summed E-state index contributed by atoms with van der Waals surface area (Å²) >= 11 is 0. The summed E-state index contributed by atoms with van der Waals surface area (Å²) in [5, 5.41) is 9.52. The van der Waals surface area contributed by atoms with Gasteiger partial charge in [0.15, 0.2) is 34.9 Å². The number of nitrogens with zero attached hydrogens (tertiary/aromatic N) is 7. The summed E-state index contributed by atoms with van der Waals surface area (Å²) in [6.45, 7) is 0. The third-order valence-corrected chi connectivity index (χ3v) is 11.8. The van der Waals surface area contributed by atoms with Gasteiger partial charge in [0.1, 0.15) is 0 Å². The fraction of sp³-hybridized carbons (Fsp3) is 0. The predicted molar refractivity (Wildman–Crippen MR) is 272 cm³/mol. The molecule has 0 aliphatic rings. The first kappa shape index (κ1) is 41.2. The number of aromatic nitrogens is 6. The van der Waals surface area contributed by atoms with Crippen LogP contribution in [-0.4, -0.2) is 29.9 Å². The Kier molecular flexibility index (Phi) is 11.2. The molecule has 2 heterocycles. The highest BCUT2D eigenvalue weighted by molar-refractivity contribution is 5.87. The molecular formula is C61H39N7. The molecule has 11 rings (SSSR count). The van der Waals surface area contributed by atoms with Crippen molar-refractivity contribution in [2.24, 2.45) is 0 Å². The summed E-state index contributed by atoms with van der Waals surface area (Å²) in [6, 6.07) is 81.9. The van der Waals surface area contributed by atoms with Crippen molar-refractivity contribution in [1.29, 1.82) is 5.26 Å². The van der Waals surface area contributed by atoms with Gasteiger partial charge in [0.25, 0.3) is 0 Å². The maximum atomic E-state index is 9.52. The molecule has 0 aliphatic carbocycles. The topological polar surface area (TPSA) is 101 Å². The molecule has 9 aromatic carbocycles. The lowest BCUT2D eigenvalue weighted by molar-refractivity contribution is 1.07. The van der Waals surface area contributed by atoms with Crippen molar-refractivity contribution in [3.63, 3.8) is 0 Å². The molecule has 2 aromatic heterocycles. The molecule has 0 bridgehead atoms. The van der Waals surface area contributed by atoms with E-state index in [-0.39, 0.29) is 0 Å². The molecule has 7 nitrogen and oxygen atoms in total. The van der Waals surface area contributed by atoms with Crippen LogP contribution in [0.4, 0.5) is 0 Å². The quantitative estimate of drug-likeness (QED) is 0.135. The van der Waals surface area contributed by atoms with Gasteiger partial charge in [-0.1, -0.05) is 200 Å². The minimum Gasteiger partial charge on any atom is -0.208 e. The molecule has 0 saturated heterocycles. The summed E-state index contributed by atoms with van der Waals surface area (Å²) in [5.74, 6) is 3.48. The zero-order valence-corrected chi connectivity index (χ0v) is 36.6. The van der Waals surface area contributed by atoms with Crippen molar-refractivity contribution in [2.45, 2.75) is 0 Å². The van der Waals surface area contributed by atoms with Crippen LogP contribution in [0, 0.1) is 11.3 Å². The second kappa shape index (κ2) is 18.5. The highest BCUT2D eigenvalue weighted by Crippen LogP contribution is 2.37. The molecule has 0 atom stereocenters. The van der Waals surface area contributed by atoms with Gasteiger partial charge >= 0.3 is 0 Å². The second-order valence-corrected chi connectivity index (χ2v) is 16.3. The molecule has 7 heteroatoms. The third-order valence-electron chi connectivity index (χ3n) is 11.8. The molecule has 0 N–H and O–H groups in total. The Bertz CT molecular complexity index is 3550. The average Bonchev–Trinajstić information content (AvgIpc) is 3.43. The van der Waals surface area contributed by atoms with Crippen LogP contribution in [0.2, 0.25) is 0 Å². The van der Waals surface area contributed by atoms with Gasteiger partial charge < -0.3 is 0 Å². The van der Waals surface area contributed by atoms with Gasteiger partial charge in [-0.15, -0.1) is 0 Å². The van der Waals surface area contributed by atoms with Crippen LogP contribution < -0.4 is 0 Å². The van der Waals surface area contributed by atoms with Gasteiger partial charge in [0.05, 0.1) is 11.6 Å². The number of hydrogen-bond donors (Lipinski definition) is 0. The van der Waals surface area contributed by atoms with E-state index < -0.39 is 0 Å². The molecular weight excluding hydrogens is 831 g/mol. The molecule has 11 aromatic rings. The minimum absolute atomic E-state index is 0.556. The number of benzene rings is 9. The van der Waals surface area contributed by atoms with Gasteiger partial charge in [-0.05, 0) is 80.9 Å². The first-order valence-electron chi connectivity index (χ1n) is 22.3. The van der Waals surface area contributed by atoms with Crippen LogP contribution in [0.3, 0.4) is 0 Å². The molecule has 0 aliphatic heterocycles. The van der Waals surface area contributed by atoms with Crippen LogP contribution in [0.1, 0.15) is 5.56 Å². The first-order chi connectivity index (χ1) is 33.6. The molecule has 0 fully saturated rings. The van der Waals surface area contributed by atoms with E-state index in [1.54, 1.807) is 0 Å². The van der Waals surface area contributed by atoms with Gasteiger partial charge in [0, 0.05) is 33.4 Å². The van der Waals surface area contributed by atoms with E-state index in [0.29, 0.717) is 40.5 Å². The van der Waals surface area contributed by atoms with Crippen molar-refractivity contribution >= 4 is 0 Å². The number of nitriles is 1. The Balaban J connectivity index is 1.01. The van der Waals surface area contributed by atoms with Crippen LogP contribution in [0.15, 0.2) is 237 Å². The van der Waals surface area contributed by atoms with E-state index in [1.807, 2.05) is 140 Å². The van der Waals surface area contributed by atoms with Crippen LogP contribution in [0.5, 0.6) is 0 Å². The maximum absolute atomic E-state index is 9.52. The number of hydrogen-bond acceptors (Lipinski definition) is 7. The lowest BCUT2D eigenvalue weighted by Gasteiger charge is -2.14. The Labute approximate surface area is 394 Å². The Hall–Kier alpha value is -9.51. The molecule has 0 amide bonds. The smallest absolute Gasteiger partial charge is 0.164 e. The lowest BCUT2D eigenvalue weighted by Crippen LogP contribution is -2.01. The fourth-order valence-corrected chi connectivity index (χ4v) is 8.35. The van der Waals surface area contributed by atoms with E-state index in [0.717, 1.165) is 77.9 Å². The summed E-state index contributed by atoms with van der Waals surface area (Å²) in [4.78, 5) is 30.5. The molecule has 68 heavy (non-hydrogen) atoms. The summed E-state index contributed by atoms with van der Waals surface area (Å²) in [5.41, 5.74) is 14.1. The normalized spacial score (nSPS) is 10.9. The zero-order chi connectivity index (χ0) is 45.7. The van der Waals surface area contributed by atoms with Gasteiger partial charge in [-0.2, -0.15) is 5.26 Å². The largest absolute Gasteiger partial charge is 0.208 e. The summed E-state index contributed by atoms with van der Waals surface area (Å²) < 4.78 is 0. The van der Waals surface area contributed by atoms with Crippen LogP contribution in [0.25, 0.3) is 113 Å². The van der Waals surface area contributed by atoms with E-state index in [2.05, 4.69) is 103 Å². The van der Waals surface area contributed by atoms with Gasteiger partial charge in [-0.3, -0.25) is 0 Å². The first-order valence-corrected chi connectivity index (χ1v) is 22.3. The third kappa shape index (κ3) is 8.69. The molecule has 0 spiro atoms. The van der Waals surface area contributed by atoms with E-state index >= 15 is 0 Å². The molecule has 0 unspecified atom stereocenters. The highest BCUT2D eigenvalue weighted by Gasteiger charge is 2.19. The predicted octanol–water partition coefficient (Wildman–Crippen LogP) is 14.6. The van der Waals surface area contributed by atoms with E-state index in [1.165, 1.54) is 0 Å². The zero-order valence-electron chi connectivity index (χ0n) is 36.6. The monoisotopic (exact) mass is 869 g/mol. The molecule has 318 valence electrons. The lowest BCUT2D eigenvalue weighted by atomic mass is 9.93. The van der Waals surface area contributed by atoms with Crippen LogP contribution in [-0.2, 0) is 0 Å². The highest BCUT2D eigenvalue weighted by atomic mass is 15.0. The Morgan fingerprint density at radius 1 is 0.221 bits per heavy atom. The number of rotatable bonds is 10. The second-order valence-electron chi connectivity index (χ2n) is 16.3. The summed E-state index contributed by atoms with van der Waals surface area (Å²) in [7, 11) is 0. The van der Waals surface area contributed by atoms with Crippen molar-refractivity contribution in [2.75, 3.05) is 0 Å². The minimum atomic E-state index is 0.556. The van der Waals surface area contributed by atoms with E-state index in [9.17, 15) is 5.26 Å². The van der Waals surface area contributed by atoms with Gasteiger partial charge in [-0.25, -0.2) is 29.9 Å². The summed E-state index contributed by atoms with van der Waals surface area (Å²) in [6.07, 6.45) is 0. The van der Waals surface area contributed by atoms with Crippen molar-refractivity contribution in [1.82, 2.24) is 29.9 Å². The van der Waals surface area contributed by atoms with Gasteiger partial charge in [0.2, 0.25) is 0 Å². The maximum Gasteiger partial charge on any atom is 0.164 e. The Morgan fingerprint density at radius 3 is 1.03 bits per heavy atom. The van der Waals surface area contributed by atoms with Crippen LogP contribution >= 0.6 is 0 Å². The Morgan fingerprint density at radius 2 is 0.544 bits per heavy atom. The average molecular weight is 870 g/mol. The van der Waals surface area contributed by atoms with Crippen molar-refractivity contribution < 1.29 is 0 Å². The van der Waals surface area contributed by atoms with Crippen molar-refractivity contribution in [3.05, 3.63) is 242 Å². The molecule has 0 radical (unpaired) electrons. The standard InChI is InChI=1S/C61H39N7/c62-40-41-16-13-25-48(36-41)49-26-14-27-50(37-49)51-28-15-29-53(38-51)60-65-56(44-19-7-2-8-20-44)63-59(66-60)47-32-30-43(31-33-47)55-39-52(42-17-5-1-6-18-42)34-35-54(55)61-67-57(45-21-9-3-10-22-45)64-58(68-61)46-23-11-4-12-24-46/h1-39H. The fourth-order valence-electron chi connectivity index (χ4n) is 8.35. The SMILES string of the molecule is N#Cc1cccc(-c2cccc(-c3cccc(-c4nc(-c5ccccc5)nc(-c5ccc(-c6cc(-c7ccccc7)ccc6-c6nc(-c7ccccc7)nc(-c7ccccc7)n6)cc5)n4)c3)c2)c1. The molecule has 0 saturated carbocycles. The van der Waals surface area contributed by atoms with E-state index in [4.69, 9.17) is 29.9 Å².